The molecule has 0 aliphatic rings. The fraction of sp³-hybridized carbons (Fsp3) is 0.217. The Bertz CT molecular complexity index is 1070. The lowest BCUT2D eigenvalue weighted by Crippen LogP contribution is -2.04. The first-order chi connectivity index (χ1) is 14.9. The first kappa shape index (κ1) is 22.9. The van der Waals surface area contributed by atoms with Crippen molar-refractivity contribution in [1.29, 1.82) is 0 Å². The van der Waals surface area contributed by atoms with Gasteiger partial charge < -0.3 is 14.8 Å². The maximum absolute atomic E-state index is 10.8. The van der Waals surface area contributed by atoms with Gasteiger partial charge in [0.1, 0.15) is 6.61 Å². The van der Waals surface area contributed by atoms with Crippen LogP contribution in [0, 0.1) is 17.0 Å². The van der Waals surface area contributed by atoms with Crippen molar-refractivity contribution in [2.24, 2.45) is 0 Å². The fourth-order valence-corrected chi connectivity index (χ4v) is 3.78. The Kier molecular flexibility index (Phi) is 7.76. The molecule has 3 aromatic rings. The highest BCUT2D eigenvalue weighted by Gasteiger charge is 2.14. The minimum absolute atomic E-state index is 0.0367. The number of aryl methyl sites for hydroxylation is 1. The van der Waals surface area contributed by atoms with E-state index in [-0.39, 0.29) is 12.3 Å². The Morgan fingerprint density at radius 2 is 1.81 bits per heavy atom. The third kappa shape index (κ3) is 6.12. The van der Waals surface area contributed by atoms with Crippen molar-refractivity contribution in [3.63, 3.8) is 0 Å². The molecule has 0 aromatic heterocycles. The zero-order valence-electron chi connectivity index (χ0n) is 17.2. The molecular weight excluding hydrogens is 484 g/mol. The number of benzene rings is 3. The number of ether oxygens (including phenoxy) is 2. The van der Waals surface area contributed by atoms with Crippen molar-refractivity contribution in [2.75, 3.05) is 11.9 Å². The molecule has 0 bridgehead atoms. The second kappa shape index (κ2) is 10.5. The van der Waals surface area contributed by atoms with Gasteiger partial charge in [0.2, 0.25) is 0 Å². The Morgan fingerprint density at radius 1 is 1.06 bits per heavy atom. The summed E-state index contributed by atoms with van der Waals surface area (Å²) in [6, 6.07) is 16.0. The number of hydrogen-bond acceptors (Lipinski definition) is 5. The van der Waals surface area contributed by atoms with E-state index in [4.69, 9.17) is 21.1 Å². The van der Waals surface area contributed by atoms with Crippen molar-refractivity contribution < 1.29 is 14.4 Å². The smallest absolute Gasteiger partial charge is 0.269 e. The van der Waals surface area contributed by atoms with E-state index in [1.54, 1.807) is 12.1 Å². The Labute approximate surface area is 194 Å². The van der Waals surface area contributed by atoms with Gasteiger partial charge in [-0.15, -0.1) is 0 Å². The number of nitro benzene ring substituents is 1. The number of halogens is 2. The number of nitrogens with one attached hydrogen (secondary N) is 1. The molecule has 0 radical (unpaired) electrons. The number of nitro groups is 1. The summed E-state index contributed by atoms with van der Waals surface area (Å²) in [6.45, 7) is 5.19. The zero-order chi connectivity index (χ0) is 22.4. The van der Waals surface area contributed by atoms with Crippen molar-refractivity contribution >= 4 is 38.9 Å². The molecule has 162 valence electrons. The topological polar surface area (TPSA) is 73.6 Å². The maximum Gasteiger partial charge on any atom is 0.269 e. The summed E-state index contributed by atoms with van der Waals surface area (Å²) >= 11 is 9.98. The normalized spacial score (nSPS) is 10.6. The van der Waals surface area contributed by atoms with Gasteiger partial charge in [-0.05, 0) is 73.0 Å². The molecule has 8 heteroatoms. The van der Waals surface area contributed by atoms with Crippen LogP contribution in [0.1, 0.15) is 23.6 Å². The van der Waals surface area contributed by atoms with Crippen LogP contribution in [0.4, 0.5) is 11.4 Å². The molecule has 31 heavy (non-hydrogen) atoms. The van der Waals surface area contributed by atoms with Gasteiger partial charge in [-0.25, -0.2) is 0 Å². The minimum atomic E-state index is -0.433. The Morgan fingerprint density at radius 3 is 2.45 bits per heavy atom. The van der Waals surface area contributed by atoms with Crippen LogP contribution in [0.5, 0.6) is 11.5 Å². The van der Waals surface area contributed by atoms with Crippen LogP contribution < -0.4 is 14.8 Å². The van der Waals surface area contributed by atoms with Gasteiger partial charge in [-0.1, -0.05) is 27.5 Å². The molecule has 0 heterocycles. The highest BCUT2D eigenvalue weighted by molar-refractivity contribution is 9.10. The highest BCUT2D eigenvalue weighted by atomic mass is 79.9. The van der Waals surface area contributed by atoms with E-state index in [1.807, 2.05) is 38.1 Å². The molecule has 0 atom stereocenters. The van der Waals surface area contributed by atoms with Crippen molar-refractivity contribution in [2.45, 2.75) is 27.0 Å². The second-order valence-corrected chi connectivity index (χ2v) is 8.19. The first-order valence-corrected chi connectivity index (χ1v) is 10.9. The first-order valence-electron chi connectivity index (χ1n) is 9.68. The SMILES string of the molecule is CCOc1cc(CNc2ccc(Br)cc2C)cc(Cl)c1OCc1ccc([N+](=O)[O-])cc1. The van der Waals surface area contributed by atoms with Gasteiger partial charge >= 0.3 is 0 Å². The zero-order valence-corrected chi connectivity index (χ0v) is 19.5. The average molecular weight is 506 g/mol. The maximum atomic E-state index is 10.8. The van der Waals surface area contributed by atoms with Crippen LogP contribution >= 0.6 is 27.5 Å². The van der Waals surface area contributed by atoms with Crippen molar-refractivity contribution in [1.82, 2.24) is 0 Å². The fourth-order valence-electron chi connectivity index (χ4n) is 3.02. The van der Waals surface area contributed by atoms with Gasteiger partial charge in [0, 0.05) is 28.8 Å². The number of nitrogens with zero attached hydrogens (tertiary/aromatic N) is 1. The van der Waals surface area contributed by atoms with E-state index in [1.165, 1.54) is 12.1 Å². The predicted molar refractivity (Wildman–Crippen MR) is 126 cm³/mol. The van der Waals surface area contributed by atoms with Crippen LogP contribution in [-0.4, -0.2) is 11.5 Å². The lowest BCUT2D eigenvalue weighted by molar-refractivity contribution is -0.384. The highest BCUT2D eigenvalue weighted by Crippen LogP contribution is 2.37. The largest absolute Gasteiger partial charge is 0.490 e. The third-order valence-electron chi connectivity index (χ3n) is 4.57. The summed E-state index contributed by atoms with van der Waals surface area (Å²) in [5, 5.41) is 14.7. The molecule has 1 N–H and O–H groups in total. The molecule has 0 amide bonds. The molecule has 0 unspecified atom stereocenters. The number of hydrogen-bond donors (Lipinski definition) is 1. The van der Waals surface area contributed by atoms with E-state index in [0.717, 1.165) is 26.9 Å². The minimum Gasteiger partial charge on any atom is -0.490 e. The summed E-state index contributed by atoms with van der Waals surface area (Å²) in [4.78, 5) is 10.4. The lowest BCUT2D eigenvalue weighted by Gasteiger charge is -2.16. The van der Waals surface area contributed by atoms with Gasteiger partial charge in [0.15, 0.2) is 11.5 Å². The van der Waals surface area contributed by atoms with Crippen LogP contribution in [0.3, 0.4) is 0 Å². The molecular formula is C23H22BrClN2O4. The molecule has 6 nitrogen and oxygen atoms in total. The number of non-ortho nitro benzene ring substituents is 1. The summed E-state index contributed by atoms with van der Waals surface area (Å²) in [6.07, 6.45) is 0. The summed E-state index contributed by atoms with van der Waals surface area (Å²) < 4.78 is 12.7. The van der Waals surface area contributed by atoms with Gasteiger partial charge in [0.25, 0.3) is 5.69 Å². The molecule has 0 saturated carbocycles. The standard InChI is InChI=1S/C23H22BrClN2O4/c1-3-30-22-12-17(13-26-21-9-6-18(24)10-15(21)2)11-20(25)23(22)31-14-16-4-7-19(8-5-16)27(28)29/h4-12,26H,3,13-14H2,1-2H3. The monoisotopic (exact) mass is 504 g/mol. The van der Waals surface area contributed by atoms with Crippen LogP contribution in [-0.2, 0) is 13.2 Å². The molecule has 0 fully saturated rings. The third-order valence-corrected chi connectivity index (χ3v) is 5.34. The summed E-state index contributed by atoms with van der Waals surface area (Å²) in [5.74, 6) is 1.01. The average Bonchev–Trinajstić information content (AvgIpc) is 2.73. The van der Waals surface area contributed by atoms with Gasteiger partial charge in [-0.2, -0.15) is 0 Å². The Balaban J connectivity index is 1.74. The Hall–Kier alpha value is -2.77. The van der Waals surface area contributed by atoms with Crippen molar-refractivity contribution in [3.05, 3.63) is 90.9 Å². The van der Waals surface area contributed by atoms with Gasteiger partial charge in [-0.3, -0.25) is 10.1 Å². The molecule has 0 spiro atoms. The molecule has 3 rings (SSSR count). The number of rotatable bonds is 9. The lowest BCUT2D eigenvalue weighted by atomic mass is 10.1. The molecule has 0 saturated heterocycles. The predicted octanol–water partition coefficient (Wildman–Crippen LogP) is 6.91. The molecule has 0 aliphatic carbocycles. The molecule has 0 aliphatic heterocycles. The van der Waals surface area contributed by atoms with E-state index in [0.29, 0.717) is 29.7 Å². The van der Waals surface area contributed by atoms with E-state index < -0.39 is 4.92 Å². The summed E-state index contributed by atoms with van der Waals surface area (Å²) in [5.41, 5.74) is 3.96. The van der Waals surface area contributed by atoms with E-state index in [9.17, 15) is 10.1 Å². The van der Waals surface area contributed by atoms with Gasteiger partial charge in [0.05, 0.1) is 16.6 Å². The van der Waals surface area contributed by atoms with Crippen LogP contribution in [0.25, 0.3) is 0 Å². The van der Waals surface area contributed by atoms with Crippen molar-refractivity contribution in [3.8, 4) is 11.5 Å². The van der Waals surface area contributed by atoms with E-state index >= 15 is 0 Å². The quantitative estimate of drug-likeness (QED) is 0.253. The molecule has 3 aromatic carbocycles. The number of anilines is 1. The van der Waals surface area contributed by atoms with E-state index in [2.05, 4.69) is 27.3 Å². The second-order valence-electron chi connectivity index (χ2n) is 6.86. The van der Waals surface area contributed by atoms with Crippen LogP contribution in [0.15, 0.2) is 59.1 Å². The van der Waals surface area contributed by atoms with Crippen LogP contribution in [0.2, 0.25) is 5.02 Å². The summed E-state index contributed by atoms with van der Waals surface area (Å²) in [7, 11) is 0.